The molecule has 1 saturated heterocycles. The molecule has 1 aliphatic rings. The highest BCUT2D eigenvalue weighted by atomic mass is 16.1. The average Bonchev–Trinajstić information content (AvgIpc) is 3.12. The van der Waals surface area contributed by atoms with Gasteiger partial charge in [0.1, 0.15) is 0 Å². The Morgan fingerprint density at radius 2 is 1.96 bits per heavy atom. The molecule has 1 amide bonds. The van der Waals surface area contributed by atoms with E-state index in [9.17, 15) is 4.79 Å². The van der Waals surface area contributed by atoms with Gasteiger partial charge in [0.2, 0.25) is 5.91 Å². The van der Waals surface area contributed by atoms with Gasteiger partial charge in [0.05, 0.1) is 24.3 Å². The van der Waals surface area contributed by atoms with Gasteiger partial charge in [-0.15, -0.1) is 0 Å². The van der Waals surface area contributed by atoms with Crippen LogP contribution in [0.4, 0.5) is 5.69 Å². The van der Waals surface area contributed by atoms with Crippen molar-refractivity contribution >= 4 is 17.2 Å². The number of rotatable bonds is 5. The molecule has 1 fully saturated rings. The Morgan fingerprint density at radius 3 is 2.74 bits per heavy atom. The molecular weight excluding hydrogens is 340 g/mol. The summed E-state index contributed by atoms with van der Waals surface area (Å²) in [6, 6.07) is 12.2. The molecule has 3 heterocycles. The quantitative estimate of drug-likeness (QED) is 0.723. The number of piperidine rings is 1. The minimum atomic E-state index is -0.458. The van der Waals surface area contributed by atoms with Crippen LogP contribution in [0.2, 0.25) is 0 Å². The lowest BCUT2D eigenvalue weighted by Crippen LogP contribution is -2.51. The van der Waals surface area contributed by atoms with Gasteiger partial charge in [-0.25, -0.2) is 9.50 Å². The summed E-state index contributed by atoms with van der Waals surface area (Å²) < 4.78 is 1.63. The third-order valence-electron chi connectivity index (χ3n) is 5.14. The summed E-state index contributed by atoms with van der Waals surface area (Å²) in [6.45, 7) is 2.73. The van der Waals surface area contributed by atoms with Crippen LogP contribution in [-0.2, 0) is 11.3 Å². The molecule has 7 heteroatoms. The Bertz CT molecular complexity index is 914. The SMILES string of the molecule is NC1(CC(=O)Nc2cnc3ccnn3c2)CCN(Cc2ccccc2)CC1. The predicted molar refractivity (Wildman–Crippen MR) is 104 cm³/mol. The van der Waals surface area contributed by atoms with Gasteiger partial charge < -0.3 is 11.1 Å². The van der Waals surface area contributed by atoms with Crippen molar-refractivity contribution in [2.45, 2.75) is 31.3 Å². The molecule has 0 spiro atoms. The van der Waals surface area contributed by atoms with E-state index in [0.29, 0.717) is 12.1 Å². The number of amides is 1. The van der Waals surface area contributed by atoms with E-state index in [2.05, 4.69) is 44.6 Å². The molecule has 0 bridgehead atoms. The Hall–Kier alpha value is -2.77. The summed E-state index contributed by atoms with van der Waals surface area (Å²) in [7, 11) is 0. The van der Waals surface area contributed by atoms with E-state index in [1.54, 1.807) is 23.1 Å². The first-order valence-electron chi connectivity index (χ1n) is 9.24. The topological polar surface area (TPSA) is 88.5 Å². The van der Waals surface area contributed by atoms with Crippen molar-refractivity contribution < 1.29 is 4.79 Å². The molecule has 27 heavy (non-hydrogen) atoms. The molecule has 140 valence electrons. The van der Waals surface area contributed by atoms with Gasteiger partial charge in [-0.1, -0.05) is 30.3 Å². The zero-order valence-electron chi connectivity index (χ0n) is 15.2. The van der Waals surface area contributed by atoms with Crippen LogP contribution in [0.3, 0.4) is 0 Å². The molecule has 0 atom stereocenters. The summed E-state index contributed by atoms with van der Waals surface area (Å²) in [4.78, 5) is 19.1. The maximum atomic E-state index is 12.5. The standard InChI is InChI=1S/C20H24N6O/c21-20(7-10-25(11-8-20)14-16-4-2-1-3-5-16)12-19(27)24-17-13-22-18-6-9-23-26(18)15-17/h1-6,9,13,15H,7-8,10-12,14,21H2,(H,24,27). The molecule has 0 aliphatic carbocycles. The highest BCUT2D eigenvalue weighted by molar-refractivity contribution is 5.91. The van der Waals surface area contributed by atoms with Crippen LogP contribution >= 0.6 is 0 Å². The second kappa shape index (κ2) is 7.46. The van der Waals surface area contributed by atoms with Crippen LogP contribution in [0.15, 0.2) is 55.0 Å². The number of aromatic nitrogens is 3. The highest BCUT2D eigenvalue weighted by Gasteiger charge is 2.32. The number of anilines is 1. The van der Waals surface area contributed by atoms with E-state index in [1.165, 1.54) is 5.56 Å². The monoisotopic (exact) mass is 364 g/mol. The van der Waals surface area contributed by atoms with Gasteiger partial charge in [0.15, 0.2) is 5.65 Å². The fraction of sp³-hybridized carbons (Fsp3) is 0.350. The number of fused-ring (bicyclic) bond motifs is 1. The van der Waals surface area contributed by atoms with Crippen LogP contribution in [0.25, 0.3) is 5.65 Å². The van der Waals surface area contributed by atoms with E-state index < -0.39 is 5.54 Å². The Morgan fingerprint density at radius 1 is 1.19 bits per heavy atom. The maximum absolute atomic E-state index is 12.5. The summed E-state index contributed by atoms with van der Waals surface area (Å²) in [6.07, 6.45) is 7.00. The van der Waals surface area contributed by atoms with Crippen molar-refractivity contribution in [1.82, 2.24) is 19.5 Å². The molecule has 3 N–H and O–H groups in total. The lowest BCUT2D eigenvalue weighted by Gasteiger charge is -2.39. The zero-order chi connectivity index (χ0) is 18.7. The second-order valence-electron chi connectivity index (χ2n) is 7.33. The summed E-state index contributed by atoms with van der Waals surface area (Å²) in [5, 5.41) is 7.02. The van der Waals surface area contributed by atoms with E-state index in [1.807, 2.05) is 12.1 Å². The number of carbonyl (C=O) groups excluding carboxylic acids is 1. The van der Waals surface area contributed by atoms with E-state index in [4.69, 9.17) is 5.73 Å². The van der Waals surface area contributed by atoms with Crippen LogP contribution < -0.4 is 11.1 Å². The van der Waals surface area contributed by atoms with E-state index >= 15 is 0 Å². The zero-order valence-corrected chi connectivity index (χ0v) is 15.2. The van der Waals surface area contributed by atoms with Crippen molar-refractivity contribution in [2.75, 3.05) is 18.4 Å². The molecule has 4 rings (SSSR count). The number of nitrogens with zero attached hydrogens (tertiary/aromatic N) is 4. The third kappa shape index (κ3) is 4.32. The molecule has 0 unspecified atom stereocenters. The van der Waals surface area contributed by atoms with Crippen molar-refractivity contribution in [2.24, 2.45) is 5.73 Å². The molecular formula is C20H24N6O. The number of hydrogen-bond acceptors (Lipinski definition) is 5. The van der Waals surface area contributed by atoms with Gasteiger partial charge in [-0.2, -0.15) is 5.10 Å². The maximum Gasteiger partial charge on any atom is 0.226 e. The lowest BCUT2D eigenvalue weighted by molar-refractivity contribution is -0.117. The molecule has 1 aliphatic heterocycles. The van der Waals surface area contributed by atoms with Crippen molar-refractivity contribution in [3.05, 3.63) is 60.6 Å². The fourth-order valence-corrected chi connectivity index (χ4v) is 3.57. The van der Waals surface area contributed by atoms with Crippen molar-refractivity contribution in [3.8, 4) is 0 Å². The second-order valence-corrected chi connectivity index (χ2v) is 7.33. The number of benzene rings is 1. The van der Waals surface area contributed by atoms with Crippen molar-refractivity contribution in [1.29, 1.82) is 0 Å². The normalized spacial score (nSPS) is 17.1. The first-order valence-corrected chi connectivity index (χ1v) is 9.24. The average molecular weight is 364 g/mol. The lowest BCUT2D eigenvalue weighted by atomic mass is 9.85. The molecule has 1 aromatic carbocycles. The number of hydrogen-bond donors (Lipinski definition) is 2. The number of nitrogens with one attached hydrogen (secondary N) is 1. The fourth-order valence-electron chi connectivity index (χ4n) is 3.57. The van der Waals surface area contributed by atoms with Gasteiger partial charge in [0.25, 0.3) is 0 Å². The Labute approximate surface area is 158 Å². The van der Waals surface area contributed by atoms with Crippen LogP contribution in [0.5, 0.6) is 0 Å². The highest BCUT2D eigenvalue weighted by Crippen LogP contribution is 2.25. The Kier molecular flexibility index (Phi) is 4.87. The molecule has 0 radical (unpaired) electrons. The third-order valence-corrected chi connectivity index (χ3v) is 5.14. The molecule has 2 aromatic heterocycles. The van der Waals surface area contributed by atoms with E-state index in [-0.39, 0.29) is 5.91 Å². The predicted octanol–water partition coefficient (Wildman–Crippen LogP) is 2.05. The van der Waals surface area contributed by atoms with Gasteiger partial charge in [-0.3, -0.25) is 9.69 Å². The van der Waals surface area contributed by atoms with Gasteiger partial charge >= 0.3 is 0 Å². The van der Waals surface area contributed by atoms with Crippen LogP contribution in [-0.4, -0.2) is 44.0 Å². The van der Waals surface area contributed by atoms with Crippen molar-refractivity contribution in [3.63, 3.8) is 0 Å². The number of carbonyl (C=O) groups is 1. The smallest absolute Gasteiger partial charge is 0.226 e. The minimum Gasteiger partial charge on any atom is -0.325 e. The van der Waals surface area contributed by atoms with Crippen LogP contribution in [0.1, 0.15) is 24.8 Å². The minimum absolute atomic E-state index is 0.0812. The molecule has 7 nitrogen and oxygen atoms in total. The van der Waals surface area contributed by atoms with E-state index in [0.717, 1.165) is 38.1 Å². The number of likely N-dealkylation sites (tertiary alicyclic amines) is 1. The molecule has 0 saturated carbocycles. The summed E-state index contributed by atoms with van der Waals surface area (Å²) >= 11 is 0. The van der Waals surface area contributed by atoms with Gasteiger partial charge in [-0.05, 0) is 18.4 Å². The summed E-state index contributed by atoms with van der Waals surface area (Å²) in [5.41, 5.74) is 8.74. The first kappa shape index (κ1) is 17.6. The molecule has 3 aromatic rings. The summed E-state index contributed by atoms with van der Waals surface area (Å²) in [5.74, 6) is -0.0812. The first-order chi connectivity index (χ1) is 13.1. The number of nitrogens with two attached hydrogens (primary N) is 1. The largest absolute Gasteiger partial charge is 0.325 e. The van der Waals surface area contributed by atoms with Crippen LogP contribution in [0, 0.1) is 0 Å². The Balaban J connectivity index is 1.30. The van der Waals surface area contributed by atoms with Gasteiger partial charge in [0, 0.05) is 37.7 Å².